The highest BCUT2D eigenvalue weighted by atomic mass is 32.1. The Bertz CT molecular complexity index is 723. The molecule has 0 unspecified atom stereocenters. The molecule has 5 heteroatoms. The first-order valence-corrected chi connectivity index (χ1v) is 7.95. The largest absolute Gasteiger partial charge is 0.354 e. The molecule has 3 rings (SSSR count). The predicted molar refractivity (Wildman–Crippen MR) is 90.7 cm³/mol. The molecule has 0 saturated heterocycles. The summed E-state index contributed by atoms with van der Waals surface area (Å²) in [5.41, 5.74) is 1.12. The van der Waals surface area contributed by atoms with Crippen molar-refractivity contribution in [3.8, 4) is 0 Å². The second-order valence-corrected chi connectivity index (χ2v) is 5.73. The Morgan fingerprint density at radius 1 is 1.14 bits per heavy atom. The van der Waals surface area contributed by atoms with Gasteiger partial charge in [-0.2, -0.15) is 4.98 Å². The molecule has 0 aliphatic carbocycles. The zero-order valence-corrected chi connectivity index (χ0v) is 13.0. The third-order valence-corrected chi connectivity index (χ3v) is 4.11. The number of nitrogens with one attached hydrogen (secondary N) is 1. The van der Waals surface area contributed by atoms with Gasteiger partial charge in [-0.3, -0.25) is 0 Å². The van der Waals surface area contributed by atoms with Crippen LogP contribution < -0.4 is 10.2 Å². The molecule has 21 heavy (non-hydrogen) atoms. The minimum absolute atomic E-state index is 0.699. The Morgan fingerprint density at radius 2 is 1.95 bits per heavy atom. The van der Waals surface area contributed by atoms with E-state index in [1.54, 1.807) is 11.3 Å². The highest BCUT2D eigenvalue weighted by molar-refractivity contribution is 7.16. The fraction of sp³-hybridized carbons (Fsp3) is 0.250. The predicted octanol–water partition coefficient (Wildman–Crippen LogP) is 4.28. The lowest BCUT2D eigenvalue weighted by molar-refractivity contribution is 0.955. The van der Waals surface area contributed by atoms with E-state index in [4.69, 9.17) is 4.98 Å². The van der Waals surface area contributed by atoms with Crippen LogP contribution in [0.25, 0.3) is 10.2 Å². The third-order valence-electron chi connectivity index (χ3n) is 3.30. The van der Waals surface area contributed by atoms with Crippen molar-refractivity contribution in [1.29, 1.82) is 0 Å². The van der Waals surface area contributed by atoms with Gasteiger partial charge in [-0.25, -0.2) is 4.98 Å². The molecule has 0 saturated carbocycles. The molecular formula is C16H18N4S. The van der Waals surface area contributed by atoms with Crippen molar-refractivity contribution in [3.05, 3.63) is 41.8 Å². The van der Waals surface area contributed by atoms with Crippen LogP contribution in [0.4, 0.5) is 17.5 Å². The van der Waals surface area contributed by atoms with Crippen LogP contribution >= 0.6 is 11.3 Å². The number of thiophene rings is 1. The van der Waals surface area contributed by atoms with Crippen molar-refractivity contribution in [2.45, 2.75) is 13.3 Å². The number of para-hydroxylation sites is 1. The van der Waals surface area contributed by atoms with E-state index < -0.39 is 0 Å². The number of fused-ring (bicyclic) bond motifs is 1. The topological polar surface area (TPSA) is 41.1 Å². The zero-order valence-electron chi connectivity index (χ0n) is 12.2. The summed E-state index contributed by atoms with van der Waals surface area (Å²) in [7, 11) is 2.04. The molecule has 108 valence electrons. The lowest BCUT2D eigenvalue weighted by atomic mass is 10.3. The van der Waals surface area contributed by atoms with Gasteiger partial charge in [0.15, 0.2) is 0 Å². The molecule has 1 aromatic carbocycles. The number of rotatable bonds is 5. The van der Waals surface area contributed by atoms with Gasteiger partial charge in [-0.1, -0.05) is 25.1 Å². The quantitative estimate of drug-likeness (QED) is 0.763. The highest BCUT2D eigenvalue weighted by Crippen LogP contribution is 2.32. The third kappa shape index (κ3) is 2.83. The Morgan fingerprint density at radius 3 is 2.71 bits per heavy atom. The van der Waals surface area contributed by atoms with Crippen molar-refractivity contribution < 1.29 is 0 Å². The van der Waals surface area contributed by atoms with E-state index in [1.807, 2.05) is 25.2 Å². The van der Waals surface area contributed by atoms with Gasteiger partial charge in [-0.15, -0.1) is 11.3 Å². The zero-order chi connectivity index (χ0) is 14.7. The first-order valence-electron chi connectivity index (χ1n) is 7.07. The van der Waals surface area contributed by atoms with E-state index in [9.17, 15) is 0 Å². The Kier molecular flexibility index (Phi) is 4.01. The van der Waals surface area contributed by atoms with Gasteiger partial charge in [0.05, 0.1) is 5.39 Å². The number of benzene rings is 1. The summed E-state index contributed by atoms with van der Waals surface area (Å²) in [4.78, 5) is 12.4. The minimum Gasteiger partial charge on any atom is -0.354 e. The Balaban J connectivity index is 2.05. The van der Waals surface area contributed by atoms with Crippen molar-refractivity contribution in [3.63, 3.8) is 0 Å². The molecule has 4 nitrogen and oxygen atoms in total. The molecule has 0 radical (unpaired) electrons. The highest BCUT2D eigenvalue weighted by Gasteiger charge is 2.13. The molecule has 1 N–H and O–H groups in total. The summed E-state index contributed by atoms with van der Waals surface area (Å²) in [5.74, 6) is 1.63. The van der Waals surface area contributed by atoms with E-state index in [0.29, 0.717) is 5.95 Å². The van der Waals surface area contributed by atoms with Gasteiger partial charge in [0.2, 0.25) is 5.95 Å². The standard InChI is InChI=1S/C16H18N4S/c1-3-10-17-16-18-14(13-9-11-21-15(13)19-16)20(2)12-7-5-4-6-8-12/h4-9,11H,3,10H2,1-2H3,(H,17,18,19). The Hall–Kier alpha value is -2.14. The number of hydrogen-bond acceptors (Lipinski definition) is 5. The normalized spacial score (nSPS) is 10.8. The van der Waals surface area contributed by atoms with Gasteiger partial charge >= 0.3 is 0 Å². The molecule has 0 aliphatic rings. The van der Waals surface area contributed by atoms with Gasteiger partial charge in [0.25, 0.3) is 0 Å². The van der Waals surface area contributed by atoms with Gasteiger partial charge in [0.1, 0.15) is 10.6 Å². The molecule has 0 spiro atoms. The van der Waals surface area contributed by atoms with E-state index in [2.05, 4.69) is 45.7 Å². The van der Waals surface area contributed by atoms with E-state index in [-0.39, 0.29) is 0 Å². The first kappa shape index (κ1) is 13.8. The monoisotopic (exact) mass is 298 g/mol. The summed E-state index contributed by atoms with van der Waals surface area (Å²) >= 11 is 1.64. The van der Waals surface area contributed by atoms with Crippen LogP contribution in [0.15, 0.2) is 41.8 Å². The fourth-order valence-corrected chi connectivity index (χ4v) is 2.94. The van der Waals surface area contributed by atoms with E-state index >= 15 is 0 Å². The molecule has 0 atom stereocenters. The maximum Gasteiger partial charge on any atom is 0.226 e. The molecule has 2 heterocycles. The molecule has 0 amide bonds. The van der Waals surface area contributed by atoms with Crippen LogP contribution in [0.1, 0.15) is 13.3 Å². The lowest BCUT2D eigenvalue weighted by Gasteiger charge is -2.19. The van der Waals surface area contributed by atoms with Crippen LogP contribution in [0, 0.1) is 0 Å². The smallest absolute Gasteiger partial charge is 0.226 e. The number of aromatic nitrogens is 2. The van der Waals surface area contributed by atoms with Crippen molar-refractivity contribution in [2.75, 3.05) is 23.8 Å². The molecule has 2 aromatic heterocycles. The van der Waals surface area contributed by atoms with Crippen molar-refractivity contribution in [1.82, 2.24) is 9.97 Å². The lowest BCUT2D eigenvalue weighted by Crippen LogP contribution is -2.13. The van der Waals surface area contributed by atoms with Crippen LogP contribution in [0.3, 0.4) is 0 Å². The number of hydrogen-bond donors (Lipinski definition) is 1. The molecule has 0 fully saturated rings. The Labute approximate surface area is 128 Å². The molecule has 3 aromatic rings. The van der Waals surface area contributed by atoms with Crippen LogP contribution in [-0.2, 0) is 0 Å². The molecule has 0 aliphatic heterocycles. The first-order chi connectivity index (χ1) is 10.3. The van der Waals surface area contributed by atoms with Gasteiger partial charge in [-0.05, 0) is 30.0 Å². The summed E-state index contributed by atoms with van der Waals surface area (Å²) in [6, 6.07) is 12.3. The summed E-state index contributed by atoms with van der Waals surface area (Å²) < 4.78 is 0. The summed E-state index contributed by atoms with van der Waals surface area (Å²) in [6.45, 7) is 3.01. The van der Waals surface area contributed by atoms with Crippen LogP contribution in [-0.4, -0.2) is 23.6 Å². The average molecular weight is 298 g/mol. The summed E-state index contributed by atoms with van der Waals surface area (Å²) in [5, 5.41) is 6.43. The molecule has 0 bridgehead atoms. The second kappa shape index (κ2) is 6.10. The molecular weight excluding hydrogens is 280 g/mol. The maximum absolute atomic E-state index is 4.70. The number of nitrogens with zero attached hydrogens (tertiary/aromatic N) is 3. The average Bonchev–Trinajstić information content (AvgIpc) is 3.00. The van der Waals surface area contributed by atoms with Crippen LogP contribution in [0.2, 0.25) is 0 Å². The maximum atomic E-state index is 4.70. The number of anilines is 3. The van der Waals surface area contributed by atoms with E-state index in [0.717, 1.165) is 34.7 Å². The van der Waals surface area contributed by atoms with E-state index in [1.165, 1.54) is 0 Å². The minimum atomic E-state index is 0.699. The van der Waals surface area contributed by atoms with Gasteiger partial charge in [0, 0.05) is 19.3 Å². The van der Waals surface area contributed by atoms with Gasteiger partial charge < -0.3 is 10.2 Å². The van der Waals surface area contributed by atoms with Crippen LogP contribution in [0.5, 0.6) is 0 Å². The second-order valence-electron chi connectivity index (χ2n) is 4.83. The fourth-order valence-electron chi connectivity index (χ4n) is 2.19. The van der Waals surface area contributed by atoms with Crippen molar-refractivity contribution in [2.24, 2.45) is 0 Å². The SMILES string of the molecule is CCCNc1nc(N(C)c2ccccc2)c2ccsc2n1. The summed E-state index contributed by atoms with van der Waals surface area (Å²) in [6.07, 6.45) is 1.05. The van der Waals surface area contributed by atoms with Crippen molar-refractivity contribution >= 4 is 39.0 Å².